The Hall–Kier alpha value is -1.69. The number of hydrogen-bond donors (Lipinski definition) is 0. The molecule has 2 aromatic rings. The number of rotatable bonds is 4. The molecule has 0 saturated carbocycles. The summed E-state index contributed by atoms with van der Waals surface area (Å²) in [6.07, 6.45) is 6.89. The summed E-state index contributed by atoms with van der Waals surface area (Å²) in [5.74, 6) is 0.423. The van der Waals surface area contributed by atoms with Crippen molar-refractivity contribution in [1.29, 1.82) is 0 Å². The molecule has 0 radical (unpaired) electrons. The smallest absolute Gasteiger partial charge is 0.274 e. The lowest BCUT2D eigenvalue weighted by Gasteiger charge is -2.31. The van der Waals surface area contributed by atoms with E-state index in [0.29, 0.717) is 11.6 Å². The van der Waals surface area contributed by atoms with Gasteiger partial charge in [0.1, 0.15) is 5.69 Å². The average molecular weight is 304 g/mol. The van der Waals surface area contributed by atoms with E-state index in [4.69, 9.17) is 0 Å². The van der Waals surface area contributed by atoms with E-state index in [1.54, 1.807) is 11.3 Å². The molecule has 1 atom stereocenters. The first-order chi connectivity index (χ1) is 10.3. The highest BCUT2D eigenvalue weighted by molar-refractivity contribution is 7.09. The fourth-order valence-corrected chi connectivity index (χ4v) is 3.56. The summed E-state index contributed by atoms with van der Waals surface area (Å²) in [7, 11) is 0. The molecule has 3 heterocycles. The van der Waals surface area contributed by atoms with Crippen LogP contribution in [0, 0.1) is 0 Å². The lowest BCUT2D eigenvalue weighted by atomic mass is 9.98. The van der Waals surface area contributed by atoms with E-state index in [1.807, 2.05) is 33.4 Å². The van der Waals surface area contributed by atoms with Crippen LogP contribution in [0.25, 0.3) is 0 Å². The van der Waals surface area contributed by atoms with E-state index in [2.05, 4.69) is 17.0 Å². The normalized spacial score (nSPS) is 18.9. The molecule has 6 heteroatoms. The van der Waals surface area contributed by atoms with Gasteiger partial charge in [0.05, 0.1) is 5.01 Å². The van der Waals surface area contributed by atoms with Crippen LogP contribution in [-0.2, 0) is 6.54 Å². The Morgan fingerprint density at radius 2 is 2.43 bits per heavy atom. The minimum Gasteiger partial charge on any atom is -0.337 e. The molecule has 1 saturated heterocycles. The summed E-state index contributed by atoms with van der Waals surface area (Å²) in [5, 5.41) is 7.52. The molecule has 0 aliphatic carbocycles. The van der Waals surface area contributed by atoms with E-state index in [1.165, 1.54) is 0 Å². The van der Waals surface area contributed by atoms with Crippen molar-refractivity contribution in [2.24, 2.45) is 0 Å². The highest BCUT2D eigenvalue weighted by atomic mass is 32.1. The maximum atomic E-state index is 12.6. The van der Waals surface area contributed by atoms with Crippen LogP contribution in [0.4, 0.5) is 0 Å². The Morgan fingerprint density at radius 1 is 1.52 bits per heavy atom. The molecule has 1 aliphatic rings. The first-order valence-electron chi connectivity index (χ1n) is 7.50. The molecule has 112 valence electrons. The molecule has 1 unspecified atom stereocenters. The van der Waals surface area contributed by atoms with Gasteiger partial charge in [-0.1, -0.05) is 6.92 Å². The van der Waals surface area contributed by atoms with Gasteiger partial charge in [-0.2, -0.15) is 5.10 Å². The molecule has 3 rings (SSSR count). The minimum absolute atomic E-state index is 0.0473. The molecule has 1 fully saturated rings. The maximum absolute atomic E-state index is 12.6. The van der Waals surface area contributed by atoms with Gasteiger partial charge in [-0.05, 0) is 25.3 Å². The van der Waals surface area contributed by atoms with Gasteiger partial charge in [0.15, 0.2) is 0 Å². The van der Waals surface area contributed by atoms with Gasteiger partial charge in [0, 0.05) is 43.3 Å². The number of amides is 1. The number of carbonyl (C=O) groups excluding carboxylic acids is 1. The van der Waals surface area contributed by atoms with Gasteiger partial charge in [-0.25, -0.2) is 4.98 Å². The molecule has 1 amide bonds. The van der Waals surface area contributed by atoms with Crippen LogP contribution in [0.3, 0.4) is 0 Å². The topological polar surface area (TPSA) is 51.0 Å². The van der Waals surface area contributed by atoms with Gasteiger partial charge in [0.25, 0.3) is 5.91 Å². The number of likely N-dealkylation sites (tertiary alicyclic amines) is 1. The third-order valence-corrected chi connectivity index (χ3v) is 4.76. The average Bonchev–Trinajstić information content (AvgIpc) is 3.18. The molecule has 1 aliphatic heterocycles. The third kappa shape index (κ3) is 3.15. The second-order valence-corrected chi connectivity index (χ2v) is 6.35. The number of carbonyl (C=O) groups is 1. The molecular weight excluding hydrogens is 284 g/mol. The van der Waals surface area contributed by atoms with Crippen molar-refractivity contribution >= 4 is 17.2 Å². The summed E-state index contributed by atoms with van der Waals surface area (Å²) in [6.45, 7) is 4.54. The molecule has 0 bridgehead atoms. The second-order valence-electron chi connectivity index (χ2n) is 5.42. The quantitative estimate of drug-likeness (QED) is 0.872. The van der Waals surface area contributed by atoms with Crippen molar-refractivity contribution in [2.75, 3.05) is 13.1 Å². The summed E-state index contributed by atoms with van der Waals surface area (Å²) >= 11 is 1.68. The lowest BCUT2D eigenvalue weighted by Crippen LogP contribution is -2.39. The Morgan fingerprint density at radius 3 is 3.19 bits per heavy atom. The fraction of sp³-hybridized carbons (Fsp3) is 0.533. The number of hydrogen-bond acceptors (Lipinski definition) is 4. The van der Waals surface area contributed by atoms with E-state index >= 15 is 0 Å². The van der Waals surface area contributed by atoms with E-state index in [9.17, 15) is 4.79 Å². The Balaban J connectivity index is 1.68. The van der Waals surface area contributed by atoms with Crippen molar-refractivity contribution in [1.82, 2.24) is 19.7 Å². The summed E-state index contributed by atoms with van der Waals surface area (Å²) in [5.41, 5.74) is 0.559. The highest BCUT2D eigenvalue weighted by Crippen LogP contribution is 2.28. The van der Waals surface area contributed by atoms with E-state index in [0.717, 1.165) is 43.9 Å². The Labute approximate surface area is 128 Å². The molecule has 0 aromatic carbocycles. The minimum atomic E-state index is 0.0473. The SMILES string of the molecule is CCCn1ccc(C(=O)N2CCCC(c3nccs3)C2)n1. The lowest BCUT2D eigenvalue weighted by molar-refractivity contribution is 0.0700. The molecule has 2 aromatic heterocycles. The molecule has 5 nitrogen and oxygen atoms in total. The predicted octanol–water partition coefficient (Wildman–Crippen LogP) is 2.77. The van der Waals surface area contributed by atoms with Crippen molar-refractivity contribution in [3.8, 4) is 0 Å². The number of nitrogens with zero attached hydrogens (tertiary/aromatic N) is 4. The number of thiazole rings is 1. The van der Waals surface area contributed by atoms with Gasteiger partial charge >= 0.3 is 0 Å². The standard InChI is InChI=1S/C15H20N4OS/c1-2-7-19-9-5-13(17-19)15(20)18-8-3-4-12(11-18)14-16-6-10-21-14/h5-6,9-10,12H,2-4,7-8,11H2,1H3. The van der Waals surface area contributed by atoms with Crippen molar-refractivity contribution in [3.05, 3.63) is 34.5 Å². The monoisotopic (exact) mass is 304 g/mol. The molecular formula is C15H20N4OS. The maximum Gasteiger partial charge on any atom is 0.274 e. The van der Waals surface area contributed by atoms with Gasteiger partial charge in [-0.3, -0.25) is 9.48 Å². The van der Waals surface area contributed by atoms with Crippen LogP contribution < -0.4 is 0 Å². The van der Waals surface area contributed by atoms with Crippen LogP contribution >= 0.6 is 11.3 Å². The van der Waals surface area contributed by atoms with Crippen LogP contribution in [0.15, 0.2) is 23.8 Å². The zero-order valence-electron chi connectivity index (χ0n) is 12.2. The number of aromatic nitrogens is 3. The second kappa shape index (κ2) is 6.39. The molecule has 0 spiro atoms. The van der Waals surface area contributed by atoms with E-state index in [-0.39, 0.29) is 5.91 Å². The van der Waals surface area contributed by atoms with Gasteiger partial charge in [-0.15, -0.1) is 11.3 Å². The summed E-state index contributed by atoms with van der Waals surface area (Å²) in [6, 6.07) is 1.82. The number of aryl methyl sites for hydroxylation is 1. The van der Waals surface area contributed by atoms with Crippen LogP contribution in [-0.4, -0.2) is 38.7 Å². The van der Waals surface area contributed by atoms with Crippen molar-refractivity contribution in [2.45, 2.75) is 38.6 Å². The summed E-state index contributed by atoms with van der Waals surface area (Å²) in [4.78, 5) is 18.9. The summed E-state index contributed by atoms with van der Waals surface area (Å²) < 4.78 is 1.84. The van der Waals surface area contributed by atoms with Gasteiger partial charge < -0.3 is 4.90 Å². The zero-order valence-corrected chi connectivity index (χ0v) is 13.1. The zero-order chi connectivity index (χ0) is 14.7. The first-order valence-corrected chi connectivity index (χ1v) is 8.38. The van der Waals surface area contributed by atoms with Crippen molar-refractivity contribution in [3.63, 3.8) is 0 Å². The predicted molar refractivity (Wildman–Crippen MR) is 82.5 cm³/mol. The fourth-order valence-electron chi connectivity index (χ4n) is 2.79. The van der Waals surface area contributed by atoms with Crippen LogP contribution in [0.2, 0.25) is 0 Å². The molecule has 0 N–H and O–H groups in total. The van der Waals surface area contributed by atoms with Crippen molar-refractivity contribution < 1.29 is 4.79 Å². The Kier molecular flexibility index (Phi) is 4.34. The largest absolute Gasteiger partial charge is 0.337 e. The van der Waals surface area contributed by atoms with Crippen LogP contribution in [0.1, 0.15) is 47.6 Å². The molecule has 21 heavy (non-hydrogen) atoms. The van der Waals surface area contributed by atoms with E-state index < -0.39 is 0 Å². The third-order valence-electron chi connectivity index (χ3n) is 3.82. The van der Waals surface area contributed by atoms with Crippen LogP contribution in [0.5, 0.6) is 0 Å². The highest BCUT2D eigenvalue weighted by Gasteiger charge is 2.27. The van der Waals surface area contributed by atoms with Gasteiger partial charge in [0.2, 0.25) is 0 Å². The Bertz CT molecular complexity index is 593. The first kappa shape index (κ1) is 14.3. The number of piperidine rings is 1.